The van der Waals surface area contributed by atoms with Crippen molar-refractivity contribution in [3.8, 4) is 11.8 Å². The number of benzene rings is 2. The molecule has 1 unspecified atom stereocenters. The zero-order valence-corrected chi connectivity index (χ0v) is 14.7. The molecule has 3 rings (SSSR count). The molecule has 2 aromatic carbocycles. The smallest absolute Gasteiger partial charge is 0.160 e. The number of carbonyl (C=O) groups excluding carboxylic acids is 3. The summed E-state index contributed by atoms with van der Waals surface area (Å²) in [6.45, 7) is 4.27. The second-order valence-corrected chi connectivity index (χ2v) is 6.56. The molecule has 0 spiro atoms. The third-order valence-electron chi connectivity index (χ3n) is 4.87. The Bertz CT molecular complexity index is 1070. The summed E-state index contributed by atoms with van der Waals surface area (Å²) >= 11 is 0. The summed E-state index contributed by atoms with van der Waals surface area (Å²) in [6, 6.07) is 6.84. The van der Waals surface area contributed by atoms with Crippen LogP contribution in [0.5, 0.6) is 5.75 Å². The molecule has 1 aliphatic rings. The van der Waals surface area contributed by atoms with E-state index in [1.54, 1.807) is 18.2 Å². The summed E-state index contributed by atoms with van der Waals surface area (Å²) < 4.78 is 0. The average Bonchev–Trinajstić information content (AvgIpc) is 2.60. The summed E-state index contributed by atoms with van der Waals surface area (Å²) in [6.07, 6.45) is 1.89. The van der Waals surface area contributed by atoms with Gasteiger partial charge in [0.2, 0.25) is 0 Å². The second-order valence-electron chi connectivity index (χ2n) is 6.56. The Balaban J connectivity index is 2.47. The molecule has 5 heteroatoms. The third-order valence-corrected chi connectivity index (χ3v) is 4.87. The number of nitriles is 1. The normalized spacial score (nSPS) is 15.8. The highest BCUT2D eigenvalue weighted by Gasteiger charge is 2.30. The highest BCUT2D eigenvalue weighted by molar-refractivity contribution is 6.25. The van der Waals surface area contributed by atoms with Crippen molar-refractivity contribution >= 4 is 33.7 Å². The largest absolute Gasteiger partial charge is 0.506 e. The van der Waals surface area contributed by atoms with Crippen LogP contribution in [0.3, 0.4) is 0 Å². The van der Waals surface area contributed by atoms with E-state index in [1.165, 1.54) is 26.8 Å². The van der Waals surface area contributed by atoms with Gasteiger partial charge < -0.3 is 5.11 Å². The van der Waals surface area contributed by atoms with Gasteiger partial charge in [0.05, 0.1) is 5.56 Å². The number of hydrogen-bond acceptors (Lipinski definition) is 5. The number of carbonyl (C=O) groups is 3. The van der Waals surface area contributed by atoms with Crippen molar-refractivity contribution in [1.82, 2.24) is 0 Å². The molecule has 5 nitrogen and oxygen atoms in total. The van der Waals surface area contributed by atoms with Gasteiger partial charge in [0, 0.05) is 22.4 Å². The predicted molar refractivity (Wildman–Crippen MR) is 96.9 cm³/mol. The van der Waals surface area contributed by atoms with Gasteiger partial charge in [-0.2, -0.15) is 5.26 Å². The van der Waals surface area contributed by atoms with Crippen LogP contribution in [0.25, 0.3) is 16.3 Å². The van der Waals surface area contributed by atoms with Crippen LogP contribution in [0, 0.1) is 17.2 Å². The molecule has 0 bridgehead atoms. The monoisotopic (exact) mass is 347 g/mol. The number of nitrogens with zero attached hydrogens (tertiary/aromatic N) is 1. The fourth-order valence-electron chi connectivity index (χ4n) is 3.49. The Morgan fingerprint density at radius 3 is 2.35 bits per heavy atom. The zero-order valence-electron chi connectivity index (χ0n) is 14.7. The fraction of sp³-hybridized carbons (Fsp3) is 0.238. The Morgan fingerprint density at radius 2 is 1.81 bits per heavy atom. The predicted octanol–water partition coefficient (Wildman–Crippen LogP) is 3.35. The van der Waals surface area contributed by atoms with Crippen molar-refractivity contribution in [3.63, 3.8) is 0 Å². The first-order valence-corrected chi connectivity index (χ1v) is 8.22. The lowest BCUT2D eigenvalue weighted by molar-refractivity contribution is -0.119. The molecule has 1 atom stereocenters. The van der Waals surface area contributed by atoms with E-state index < -0.39 is 5.92 Å². The number of rotatable bonds is 3. The summed E-state index contributed by atoms with van der Waals surface area (Å²) in [5.74, 6) is -1.23. The Kier molecular flexibility index (Phi) is 4.21. The molecular formula is C21H17NO4. The number of phenolic OH excluding ortho intramolecular Hbond substituents is 1. The van der Waals surface area contributed by atoms with Crippen LogP contribution < -0.4 is 0 Å². The maximum Gasteiger partial charge on any atom is 0.160 e. The van der Waals surface area contributed by atoms with Crippen LogP contribution >= 0.6 is 0 Å². The van der Waals surface area contributed by atoms with Gasteiger partial charge in [0.15, 0.2) is 11.6 Å². The van der Waals surface area contributed by atoms with Crippen LogP contribution in [0.15, 0.2) is 24.3 Å². The molecule has 0 fully saturated rings. The van der Waals surface area contributed by atoms with Crippen molar-refractivity contribution in [1.29, 1.82) is 5.26 Å². The van der Waals surface area contributed by atoms with Gasteiger partial charge in [0.25, 0.3) is 0 Å². The summed E-state index contributed by atoms with van der Waals surface area (Å²) in [5, 5.41) is 21.2. The number of hydrogen-bond donors (Lipinski definition) is 1. The highest BCUT2D eigenvalue weighted by atomic mass is 16.3. The van der Waals surface area contributed by atoms with Gasteiger partial charge in [-0.05, 0) is 49.8 Å². The molecule has 0 heterocycles. The van der Waals surface area contributed by atoms with Crippen LogP contribution in [0.4, 0.5) is 0 Å². The van der Waals surface area contributed by atoms with Gasteiger partial charge in [-0.1, -0.05) is 18.2 Å². The number of fused-ring (bicyclic) bond motifs is 3. The maximum absolute atomic E-state index is 12.3. The van der Waals surface area contributed by atoms with Crippen molar-refractivity contribution in [2.24, 2.45) is 5.92 Å². The van der Waals surface area contributed by atoms with Gasteiger partial charge in [-0.15, -0.1) is 0 Å². The first-order chi connectivity index (χ1) is 12.3. The van der Waals surface area contributed by atoms with E-state index >= 15 is 0 Å². The molecule has 0 aromatic heterocycles. The molecule has 0 radical (unpaired) electrons. The lowest BCUT2D eigenvalue weighted by Crippen LogP contribution is -2.20. The molecule has 0 saturated carbocycles. The number of Topliss-reactive ketones (excluding diaryl/α,β-unsaturated/α-hetero) is 3. The molecule has 0 aliphatic heterocycles. The van der Waals surface area contributed by atoms with Gasteiger partial charge in [-0.25, -0.2) is 0 Å². The van der Waals surface area contributed by atoms with Crippen molar-refractivity contribution in [2.45, 2.75) is 27.2 Å². The minimum atomic E-state index is -0.512. The van der Waals surface area contributed by atoms with Crippen molar-refractivity contribution in [2.75, 3.05) is 0 Å². The lowest BCUT2D eigenvalue weighted by atomic mass is 9.77. The van der Waals surface area contributed by atoms with E-state index in [1.807, 2.05) is 6.07 Å². The number of phenols is 1. The molecule has 130 valence electrons. The highest BCUT2D eigenvalue weighted by Crippen LogP contribution is 2.43. The van der Waals surface area contributed by atoms with Crippen molar-refractivity contribution < 1.29 is 19.5 Å². The van der Waals surface area contributed by atoms with E-state index in [-0.39, 0.29) is 35.1 Å². The SMILES string of the molecule is CC(=O)C1=CC(C(C)=O)Cc2c(C#N)c(O)c3cc(C(C)=O)ccc3c21. The number of aromatic hydroxyl groups is 1. The molecule has 1 aliphatic carbocycles. The quantitative estimate of drug-likeness (QED) is 0.859. The standard InChI is InChI=1S/C21H17NO4/c1-10(23)13-4-5-15-18(6-13)21(26)19(9-22)17-8-14(11(2)24)7-16(12(3)25)20(15)17/h4-7,14,26H,8H2,1-3H3. The minimum Gasteiger partial charge on any atom is -0.506 e. The second kappa shape index (κ2) is 6.23. The van der Waals surface area contributed by atoms with Crippen LogP contribution in [-0.4, -0.2) is 22.5 Å². The van der Waals surface area contributed by atoms with Gasteiger partial charge in [0.1, 0.15) is 17.6 Å². The third kappa shape index (κ3) is 2.60. The number of allylic oxidation sites excluding steroid dienone is 2. The molecule has 1 N–H and O–H groups in total. The van der Waals surface area contributed by atoms with Gasteiger partial charge >= 0.3 is 0 Å². The first-order valence-electron chi connectivity index (χ1n) is 8.22. The van der Waals surface area contributed by atoms with Crippen LogP contribution in [-0.2, 0) is 16.0 Å². The molecule has 0 saturated heterocycles. The minimum absolute atomic E-state index is 0.0475. The molecule has 26 heavy (non-hydrogen) atoms. The van der Waals surface area contributed by atoms with Crippen LogP contribution in [0.1, 0.15) is 47.8 Å². The van der Waals surface area contributed by atoms with E-state index in [9.17, 15) is 24.8 Å². The summed E-state index contributed by atoms with van der Waals surface area (Å²) in [7, 11) is 0. The van der Waals surface area contributed by atoms with E-state index in [2.05, 4.69) is 0 Å². The number of ketones is 3. The molecule has 2 aromatic rings. The lowest BCUT2D eigenvalue weighted by Gasteiger charge is -2.25. The molecule has 0 amide bonds. The summed E-state index contributed by atoms with van der Waals surface area (Å²) in [5.41, 5.74) is 1.88. The fourth-order valence-corrected chi connectivity index (χ4v) is 3.49. The Morgan fingerprint density at radius 1 is 1.12 bits per heavy atom. The van der Waals surface area contributed by atoms with Crippen LogP contribution in [0.2, 0.25) is 0 Å². The maximum atomic E-state index is 12.3. The molecular weight excluding hydrogens is 330 g/mol. The average molecular weight is 347 g/mol. The zero-order chi connectivity index (χ0) is 19.2. The van der Waals surface area contributed by atoms with E-state index in [0.717, 1.165) is 0 Å². The van der Waals surface area contributed by atoms with E-state index in [4.69, 9.17) is 0 Å². The topological polar surface area (TPSA) is 95.2 Å². The Hall–Kier alpha value is -3.26. The van der Waals surface area contributed by atoms with Gasteiger partial charge in [-0.3, -0.25) is 14.4 Å². The first kappa shape index (κ1) is 17.6. The Labute approximate surface area is 150 Å². The summed E-state index contributed by atoms with van der Waals surface area (Å²) in [4.78, 5) is 35.8. The van der Waals surface area contributed by atoms with E-state index in [0.29, 0.717) is 33.0 Å². The van der Waals surface area contributed by atoms with Crippen molar-refractivity contribution in [3.05, 3.63) is 46.5 Å².